The minimum Gasteiger partial charge on any atom is -0.366 e. The van der Waals surface area contributed by atoms with E-state index in [4.69, 9.17) is 5.73 Å². The maximum Gasteiger partial charge on any atom is 0.291 e. The van der Waals surface area contributed by atoms with Crippen LogP contribution in [-0.4, -0.2) is 38.6 Å². The number of hydrogen-bond donors (Lipinski definition) is 2. The molecule has 1 aromatic heterocycles. The lowest BCUT2D eigenvalue weighted by Gasteiger charge is -2.25. The van der Waals surface area contributed by atoms with E-state index in [1.54, 1.807) is 4.90 Å². The highest BCUT2D eigenvalue weighted by Gasteiger charge is 2.21. The van der Waals surface area contributed by atoms with E-state index in [-0.39, 0.29) is 23.7 Å². The van der Waals surface area contributed by atoms with Gasteiger partial charge in [-0.2, -0.15) is 4.98 Å². The van der Waals surface area contributed by atoms with Crippen LogP contribution in [0.3, 0.4) is 0 Å². The van der Waals surface area contributed by atoms with Crippen LogP contribution in [0.2, 0.25) is 0 Å². The third-order valence-electron chi connectivity index (χ3n) is 3.07. The zero-order chi connectivity index (χ0) is 14.5. The van der Waals surface area contributed by atoms with Crippen molar-refractivity contribution >= 4 is 11.9 Å². The lowest BCUT2D eigenvalue weighted by Crippen LogP contribution is -2.39. The highest BCUT2D eigenvalue weighted by atomic mass is 16.2. The Kier molecular flexibility index (Phi) is 4.34. The number of anilines is 1. The zero-order valence-corrected chi connectivity index (χ0v) is 11.7. The van der Waals surface area contributed by atoms with E-state index in [1.807, 2.05) is 32.0 Å². The Hall–Kier alpha value is -2.37. The average Bonchev–Trinajstić information content (AvgIpc) is 2.86. The first-order valence-electron chi connectivity index (χ1n) is 6.60. The lowest BCUT2D eigenvalue weighted by atomic mass is 10.1. The zero-order valence-electron chi connectivity index (χ0n) is 11.7. The number of rotatable bonds is 5. The summed E-state index contributed by atoms with van der Waals surface area (Å²) in [6, 6.07) is 10.1. The summed E-state index contributed by atoms with van der Waals surface area (Å²) in [5, 5.41) is 6.25. The number of amides is 1. The quantitative estimate of drug-likeness (QED) is 0.863. The molecule has 6 nitrogen and oxygen atoms in total. The Bertz CT molecular complexity index is 564. The summed E-state index contributed by atoms with van der Waals surface area (Å²) in [4.78, 5) is 18.0. The van der Waals surface area contributed by atoms with Gasteiger partial charge in [-0.15, -0.1) is 5.10 Å². The summed E-state index contributed by atoms with van der Waals surface area (Å²) in [5.74, 6) is 0.0875. The van der Waals surface area contributed by atoms with Crippen LogP contribution < -0.4 is 5.73 Å². The predicted molar refractivity (Wildman–Crippen MR) is 77.1 cm³/mol. The summed E-state index contributed by atoms with van der Waals surface area (Å²) in [5.41, 5.74) is 6.63. The molecule has 0 atom stereocenters. The molecule has 1 amide bonds. The lowest BCUT2D eigenvalue weighted by molar-refractivity contribution is 0.0696. The molecule has 0 aliphatic carbocycles. The monoisotopic (exact) mass is 273 g/mol. The number of aromatic nitrogens is 3. The van der Waals surface area contributed by atoms with Crippen LogP contribution in [0.5, 0.6) is 0 Å². The summed E-state index contributed by atoms with van der Waals surface area (Å²) in [6.45, 7) is 4.58. The Balaban J connectivity index is 2.05. The molecule has 0 unspecified atom stereocenters. The van der Waals surface area contributed by atoms with Gasteiger partial charge in [0, 0.05) is 12.6 Å². The second-order valence-electron chi connectivity index (χ2n) is 4.87. The fourth-order valence-electron chi connectivity index (χ4n) is 1.99. The Morgan fingerprint density at radius 1 is 1.35 bits per heavy atom. The van der Waals surface area contributed by atoms with Crippen molar-refractivity contribution in [1.29, 1.82) is 0 Å². The van der Waals surface area contributed by atoms with Gasteiger partial charge in [-0.3, -0.25) is 9.89 Å². The molecule has 0 aliphatic heterocycles. The fourth-order valence-corrected chi connectivity index (χ4v) is 1.99. The van der Waals surface area contributed by atoms with Crippen LogP contribution in [0.4, 0.5) is 5.95 Å². The molecule has 2 aromatic rings. The molecule has 3 N–H and O–H groups in total. The Morgan fingerprint density at radius 3 is 2.60 bits per heavy atom. The van der Waals surface area contributed by atoms with Gasteiger partial charge in [-0.1, -0.05) is 30.3 Å². The molecule has 2 rings (SSSR count). The molecule has 20 heavy (non-hydrogen) atoms. The van der Waals surface area contributed by atoms with Crippen LogP contribution >= 0.6 is 0 Å². The normalized spacial score (nSPS) is 10.8. The number of carbonyl (C=O) groups excluding carboxylic acids is 1. The van der Waals surface area contributed by atoms with Crippen molar-refractivity contribution < 1.29 is 4.79 Å². The van der Waals surface area contributed by atoms with E-state index in [0.29, 0.717) is 6.54 Å². The van der Waals surface area contributed by atoms with Gasteiger partial charge in [0.2, 0.25) is 11.8 Å². The van der Waals surface area contributed by atoms with E-state index in [9.17, 15) is 4.79 Å². The summed E-state index contributed by atoms with van der Waals surface area (Å²) >= 11 is 0. The molecular weight excluding hydrogens is 254 g/mol. The van der Waals surface area contributed by atoms with Gasteiger partial charge in [-0.25, -0.2) is 0 Å². The molecule has 0 bridgehead atoms. The number of carbonyl (C=O) groups is 1. The molecule has 0 saturated heterocycles. The van der Waals surface area contributed by atoms with Crippen LogP contribution in [0.1, 0.15) is 30.0 Å². The molecule has 0 saturated carbocycles. The van der Waals surface area contributed by atoms with Gasteiger partial charge in [0.05, 0.1) is 0 Å². The molecule has 1 heterocycles. The molecule has 1 aromatic carbocycles. The van der Waals surface area contributed by atoms with E-state index < -0.39 is 0 Å². The van der Waals surface area contributed by atoms with Gasteiger partial charge in [0.15, 0.2) is 0 Å². The number of nitrogens with one attached hydrogen (secondary N) is 1. The molecular formula is C14H19N5O. The molecule has 6 heteroatoms. The number of nitrogens with two attached hydrogens (primary N) is 1. The maximum atomic E-state index is 12.4. The van der Waals surface area contributed by atoms with Crippen molar-refractivity contribution in [1.82, 2.24) is 20.1 Å². The second kappa shape index (κ2) is 6.18. The second-order valence-corrected chi connectivity index (χ2v) is 4.87. The Labute approximate surface area is 118 Å². The van der Waals surface area contributed by atoms with Crippen molar-refractivity contribution in [2.24, 2.45) is 0 Å². The average molecular weight is 273 g/mol. The first kappa shape index (κ1) is 14.0. The van der Waals surface area contributed by atoms with E-state index >= 15 is 0 Å². The maximum absolute atomic E-state index is 12.4. The largest absolute Gasteiger partial charge is 0.366 e. The first-order chi connectivity index (χ1) is 9.58. The highest BCUT2D eigenvalue weighted by Crippen LogP contribution is 2.08. The third-order valence-corrected chi connectivity index (χ3v) is 3.07. The number of H-pyrrole nitrogens is 1. The van der Waals surface area contributed by atoms with Gasteiger partial charge in [0.1, 0.15) is 0 Å². The predicted octanol–water partition coefficient (Wildman–Crippen LogP) is 1.48. The number of hydrogen-bond acceptors (Lipinski definition) is 4. The van der Waals surface area contributed by atoms with Gasteiger partial charge in [-0.05, 0) is 25.8 Å². The summed E-state index contributed by atoms with van der Waals surface area (Å²) < 4.78 is 0. The fraction of sp³-hybridized carbons (Fsp3) is 0.357. The van der Waals surface area contributed by atoms with Crippen molar-refractivity contribution in [3.8, 4) is 0 Å². The van der Waals surface area contributed by atoms with Crippen molar-refractivity contribution in [2.75, 3.05) is 12.3 Å². The van der Waals surface area contributed by atoms with Crippen molar-refractivity contribution in [3.05, 3.63) is 41.7 Å². The minimum atomic E-state index is -0.180. The molecule has 106 valence electrons. The molecule has 0 spiro atoms. The molecule has 0 fully saturated rings. The van der Waals surface area contributed by atoms with E-state index in [0.717, 1.165) is 6.42 Å². The van der Waals surface area contributed by atoms with Crippen LogP contribution in [0.25, 0.3) is 0 Å². The minimum absolute atomic E-state index is 0.0811. The van der Waals surface area contributed by atoms with Gasteiger partial charge >= 0.3 is 0 Å². The van der Waals surface area contributed by atoms with E-state index in [1.165, 1.54) is 5.56 Å². The van der Waals surface area contributed by atoms with Gasteiger partial charge < -0.3 is 10.6 Å². The smallest absolute Gasteiger partial charge is 0.291 e. The van der Waals surface area contributed by atoms with Crippen molar-refractivity contribution in [3.63, 3.8) is 0 Å². The number of benzene rings is 1. The standard InChI is InChI=1S/C14H19N5O/c1-10(2)19(9-8-11-6-4-3-5-7-11)13(20)12-16-14(15)18-17-12/h3-7,10H,8-9H2,1-2H3,(H3,15,16,17,18). The van der Waals surface area contributed by atoms with Crippen molar-refractivity contribution in [2.45, 2.75) is 26.3 Å². The topological polar surface area (TPSA) is 87.9 Å². The first-order valence-corrected chi connectivity index (χ1v) is 6.60. The highest BCUT2D eigenvalue weighted by molar-refractivity contribution is 5.90. The SMILES string of the molecule is CC(C)N(CCc1ccccc1)C(=O)c1nc(N)n[nH]1. The summed E-state index contributed by atoms with van der Waals surface area (Å²) in [7, 11) is 0. The molecule has 0 radical (unpaired) electrons. The van der Waals surface area contributed by atoms with E-state index in [2.05, 4.69) is 27.3 Å². The number of nitrogen functional groups attached to an aromatic ring is 1. The van der Waals surface area contributed by atoms with Crippen LogP contribution in [0, 0.1) is 0 Å². The summed E-state index contributed by atoms with van der Waals surface area (Å²) in [6.07, 6.45) is 0.800. The van der Waals surface area contributed by atoms with Gasteiger partial charge in [0.25, 0.3) is 5.91 Å². The number of nitrogens with zero attached hydrogens (tertiary/aromatic N) is 3. The Morgan fingerprint density at radius 2 is 2.05 bits per heavy atom. The number of aromatic amines is 1. The van der Waals surface area contributed by atoms with Crippen LogP contribution in [-0.2, 0) is 6.42 Å². The van der Waals surface area contributed by atoms with Crippen LogP contribution in [0.15, 0.2) is 30.3 Å². The third kappa shape index (κ3) is 3.34. The molecule has 0 aliphatic rings.